The van der Waals surface area contributed by atoms with Gasteiger partial charge in [-0.05, 0) is 23.8 Å². The fourth-order valence-electron chi connectivity index (χ4n) is 2.78. The Morgan fingerprint density at radius 3 is 2.55 bits per heavy atom. The molecule has 0 radical (unpaired) electrons. The van der Waals surface area contributed by atoms with Crippen LogP contribution in [0.4, 0.5) is 11.4 Å². The summed E-state index contributed by atoms with van der Waals surface area (Å²) in [5.74, 6) is -0.524. The molecule has 1 aliphatic heterocycles. The van der Waals surface area contributed by atoms with Crippen molar-refractivity contribution in [3.63, 3.8) is 0 Å². The number of esters is 1. The number of rotatable bonds is 8. The number of carbonyl (C=O) groups excluding carboxylic acids is 2. The minimum atomic E-state index is -0.775. The van der Waals surface area contributed by atoms with E-state index in [1.807, 2.05) is 6.07 Å². The number of nitro benzene ring substituents is 1. The number of fused-ring (bicyclic) bond motifs is 1. The standard InChI is InChI=1S/C22H19N3O8/c23-8-11-30-16-5-2-15(3-6-16)4-7-22(27)33-14-21(26)24-17-12-19-20(13-18(17)25(28)29)32-10-1-9-31-19/h2-7,12-13H,1,9-11,14H2,(H,24,26)/b7-4+. The maximum absolute atomic E-state index is 12.2. The highest BCUT2D eigenvalue weighted by atomic mass is 16.6. The molecule has 11 heteroatoms. The van der Waals surface area contributed by atoms with Gasteiger partial charge in [0.2, 0.25) is 0 Å². The molecule has 11 nitrogen and oxygen atoms in total. The van der Waals surface area contributed by atoms with Crippen molar-refractivity contribution in [3.8, 4) is 23.3 Å². The van der Waals surface area contributed by atoms with E-state index in [-0.39, 0.29) is 29.5 Å². The average Bonchev–Trinajstić information content (AvgIpc) is 3.05. The van der Waals surface area contributed by atoms with Crippen molar-refractivity contribution in [1.82, 2.24) is 0 Å². The Labute approximate surface area is 188 Å². The van der Waals surface area contributed by atoms with Crippen LogP contribution >= 0.6 is 0 Å². The average molecular weight is 453 g/mol. The predicted octanol–water partition coefficient (Wildman–Crippen LogP) is 2.85. The highest BCUT2D eigenvalue weighted by Gasteiger charge is 2.23. The molecule has 0 atom stereocenters. The zero-order valence-electron chi connectivity index (χ0n) is 17.3. The summed E-state index contributed by atoms with van der Waals surface area (Å²) < 4.78 is 20.9. The summed E-state index contributed by atoms with van der Waals surface area (Å²) in [4.78, 5) is 34.8. The van der Waals surface area contributed by atoms with Gasteiger partial charge in [-0.3, -0.25) is 14.9 Å². The normalized spacial score (nSPS) is 12.3. The fourth-order valence-corrected chi connectivity index (χ4v) is 2.78. The van der Waals surface area contributed by atoms with Crippen molar-refractivity contribution in [2.45, 2.75) is 6.42 Å². The Morgan fingerprint density at radius 2 is 1.88 bits per heavy atom. The molecule has 1 amide bonds. The molecular weight excluding hydrogens is 434 g/mol. The molecule has 1 N–H and O–H groups in total. The Bertz CT molecular complexity index is 1110. The molecule has 1 heterocycles. The molecule has 33 heavy (non-hydrogen) atoms. The van der Waals surface area contributed by atoms with Crippen LogP contribution in [0.1, 0.15) is 12.0 Å². The zero-order valence-corrected chi connectivity index (χ0v) is 17.3. The number of hydrogen-bond donors (Lipinski definition) is 1. The van der Waals surface area contributed by atoms with E-state index in [4.69, 9.17) is 24.2 Å². The second kappa shape index (κ2) is 11.1. The summed E-state index contributed by atoms with van der Waals surface area (Å²) in [5.41, 5.74) is 0.198. The largest absolute Gasteiger partial charge is 0.489 e. The summed E-state index contributed by atoms with van der Waals surface area (Å²) in [6.07, 6.45) is 3.23. The van der Waals surface area contributed by atoms with E-state index < -0.39 is 23.4 Å². The van der Waals surface area contributed by atoms with Crippen molar-refractivity contribution in [3.05, 3.63) is 58.2 Å². The molecule has 3 rings (SSSR count). The molecular formula is C22H19N3O8. The summed E-state index contributed by atoms with van der Waals surface area (Å²) in [5, 5.41) is 22.2. The SMILES string of the molecule is N#CCOc1ccc(/C=C/C(=O)OCC(=O)Nc2cc3c(cc2[N+](=O)[O-])OCCCO3)cc1. The monoisotopic (exact) mass is 453 g/mol. The molecule has 0 fully saturated rings. The topological polar surface area (TPSA) is 150 Å². The minimum Gasteiger partial charge on any atom is -0.489 e. The molecule has 2 aromatic carbocycles. The number of anilines is 1. The third-order valence-electron chi connectivity index (χ3n) is 4.28. The van der Waals surface area contributed by atoms with Gasteiger partial charge in [-0.2, -0.15) is 5.26 Å². The number of amides is 1. The quantitative estimate of drug-likeness (QED) is 0.275. The van der Waals surface area contributed by atoms with E-state index in [0.29, 0.717) is 30.9 Å². The van der Waals surface area contributed by atoms with Crippen LogP contribution in [0.25, 0.3) is 6.08 Å². The summed E-state index contributed by atoms with van der Waals surface area (Å²) >= 11 is 0. The number of nitrogens with zero attached hydrogens (tertiary/aromatic N) is 2. The molecule has 0 saturated heterocycles. The molecule has 0 aromatic heterocycles. The Morgan fingerprint density at radius 1 is 1.18 bits per heavy atom. The van der Waals surface area contributed by atoms with Gasteiger partial charge in [-0.15, -0.1) is 0 Å². The van der Waals surface area contributed by atoms with Crippen molar-refractivity contribution in [2.75, 3.05) is 31.7 Å². The van der Waals surface area contributed by atoms with Crippen LogP contribution < -0.4 is 19.5 Å². The zero-order chi connectivity index (χ0) is 23.6. The smallest absolute Gasteiger partial charge is 0.331 e. The highest BCUT2D eigenvalue weighted by Crippen LogP contribution is 2.39. The molecule has 0 bridgehead atoms. The van der Waals surface area contributed by atoms with Crippen LogP contribution in [-0.4, -0.2) is 43.2 Å². The maximum Gasteiger partial charge on any atom is 0.331 e. The molecule has 1 aliphatic rings. The van der Waals surface area contributed by atoms with Gasteiger partial charge in [0.1, 0.15) is 17.5 Å². The van der Waals surface area contributed by atoms with Gasteiger partial charge >= 0.3 is 5.97 Å². The van der Waals surface area contributed by atoms with Crippen LogP contribution in [-0.2, 0) is 14.3 Å². The molecule has 0 aliphatic carbocycles. The van der Waals surface area contributed by atoms with Gasteiger partial charge in [0, 0.05) is 18.6 Å². The third kappa shape index (κ3) is 6.70. The molecule has 2 aromatic rings. The highest BCUT2D eigenvalue weighted by molar-refractivity contribution is 5.96. The Balaban J connectivity index is 1.56. The van der Waals surface area contributed by atoms with Crippen LogP contribution in [0, 0.1) is 21.4 Å². The van der Waals surface area contributed by atoms with Crippen molar-refractivity contribution in [2.24, 2.45) is 0 Å². The first-order valence-electron chi connectivity index (χ1n) is 9.79. The van der Waals surface area contributed by atoms with E-state index in [0.717, 1.165) is 6.08 Å². The van der Waals surface area contributed by atoms with E-state index in [1.54, 1.807) is 24.3 Å². The lowest BCUT2D eigenvalue weighted by Crippen LogP contribution is -2.20. The van der Waals surface area contributed by atoms with Gasteiger partial charge in [0.25, 0.3) is 11.6 Å². The van der Waals surface area contributed by atoms with E-state index in [2.05, 4.69) is 5.32 Å². The number of nitriles is 1. The maximum atomic E-state index is 12.2. The molecule has 0 spiro atoms. The number of benzene rings is 2. The van der Waals surface area contributed by atoms with Gasteiger partial charge in [-0.1, -0.05) is 12.1 Å². The second-order valence-corrected chi connectivity index (χ2v) is 6.63. The number of hydrogen-bond acceptors (Lipinski definition) is 9. The lowest BCUT2D eigenvalue weighted by molar-refractivity contribution is -0.384. The van der Waals surface area contributed by atoms with Crippen LogP contribution in [0.15, 0.2) is 42.5 Å². The van der Waals surface area contributed by atoms with Gasteiger partial charge in [0.15, 0.2) is 24.7 Å². The van der Waals surface area contributed by atoms with Gasteiger partial charge < -0.3 is 24.3 Å². The number of nitrogens with one attached hydrogen (secondary N) is 1. The summed E-state index contributed by atoms with van der Waals surface area (Å²) in [7, 11) is 0. The van der Waals surface area contributed by atoms with Crippen LogP contribution in [0.3, 0.4) is 0 Å². The van der Waals surface area contributed by atoms with Gasteiger partial charge in [-0.25, -0.2) is 4.79 Å². The van der Waals surface area contributed by atoms with E-state index >= 15 is 0 Å². The van der Waals surface area contributed by atoms with Crippen LogP contribution in [0.5, 0.6) is 17.2 Å². The first kappa shape index (κ1) is 23.1. The van der Waals surface area contributed by atoms with E-state index in [9.17, 15) is 19.7 Å². The third-order valence-corrected chi connectivity index (χ3v) is 4.28. The van der Waals surface area contributed by atoms with E-state index in [1.165, 1.54) is 18.2 Å². The lowest BCUT2D eigenvalue weighted by atomic mass is 10.2. The van der Waals surface area contributed by atoms with Crippen molar-refractivity contribution >= 4 is 29.3 Å². The fraction of sp³-hybridized carbons (Fsp3) is 0.227. The second-order valence-electron chi connectivity index (χ2n) is 6.63. The van der Waals surface area contributed by atoms with Crippen molar-refractivity contribution in [1.29, 1.82) is 5.26 Å². The molecule has 170 valence electrons. The Kier molecular flexibility index (Phi) is 7.80. The summed E-state index contributed by atoms with van der Waals surface area (Å²) in [6, 6.07) is 11.0. The summed E-state index contributed by atoms with van der Waals surface area (Å²) in [6.45, 7) is 0.0188. The molecule has 0 saturated carbocycles. The van der Waals surface area contributed by atoms with Crippen LogP contribution in [0.2, 0.25) is 0 Å². The predicted molar refractivity (Wildman–Crippen MR) is 115 cm³/mol. The first-order chi connectivity index (χ1) is 16.0. The Hall–Kier alpha value is -4.59. The number of carbonyl (C=O) groups is 2. The first-order valence-corrected chi connectivity index (χ1v) is 9.79. The minimum absolute atomic E-state index is 0.0704. The number of ether oxygens (including phenoxy) is 4. The van der Waals surface area contributed by atoms with Crippen molar-refractivity contribution < 1.29 is 33.5 Å². The number of nitro groups is 1. The molecule has 0 unspecified atom stereocenters. The lowest BCUT2D eigenvalue weighted by Gasteiger charge is -2.11. The van der Waals surface area contributed by atoms with Gasteiger partial charge in [0.05, 0.1) is 24.2 Å².